The third-order valence-electron chi connectivity index (χ3n) is 9.55. The fourth-order valence-electron chi connectivity index (χ4n) is 5.81. The topological polar surface area (TPSA) is 46.8 Å². The summed E-state index contributed by atoms with van der Waals surface area (Å²) in [6, 6.07) is 4.75. The van der Waals surface area contributed by atoms with Crippen molar-refractivity contribution in [1.82, 2.24) is 19.5 Å². The third-order valence-corrected chi connectivity index (χ3v) is 9.55. The molecule has 5 rings (SSSR count). The van der Waals surface area contributed by atoms with Crippen LogP contribution in [0.5, 0.6) is 0 Å². The molecule has 6 heteroatoms. The van der Waals surface area contributed by atoms with Crippen LogP contribution in [-0.4, -0.2) is 26.6 Å². The summed E-state index contributed by atoms with van der Waals surface area (Å²) in [7, 11) is 2.12. The van der Waals surface area contributed by atoms with Gasteiger partial charge in [0.05, 0.1) is 28.3 Å². The first-order chi connectivity index (χ1) is 14.9. The first kappa shape index (κ1) is 25.3. The van der Waals surface area contributed by atoms with E-state index in [2.05, 4.69) is 116 Å². The second-order valence-corrected chi connectivity index (χ2v) is 13.2. The molecule has 3 aromatic rings. The van der Waals surface area contributed by atoms with E-state index in [1.165, 1.54) is 16.6 Å². The quantitative estimate of drug-likeness (QED) is 0.271. The minimum atomic E-state index is -0.337. The summed E-state index contributed by atoms with van der Waals surface area (Å²) in [5, 5.41) is 0. The van der Waals surface area contributed by atoms with Crippen molar-refractivity contribution < 1.29 is 20.1 Å². The number of aromatic nitrogens is 4. The Labute approximate surface area is 218 Å². The van der Waals surface area contributed by atoms with Crippen molar-refractivity contribution >= 4 is 16.9 Å². The zero-order chi connectivity index (χ0) is 24.5. The summed E-state index contributed by atoms with van der Waals surface area (Å²) in [5.74, 6) is 2.61. The maximum atomic E-state index is 5.18. The van der Waals surface area contributed by atoms with Crippen molar-refractivity contribution in [3.63, 3.8) is 0 Å². The Morgan fingerprint density at radius 1 is 0.853 bits per heavy atom. The van der Waals surface area contributed by atoms with Crippen LogP contribution in [0.15, 0.2) is 12.1 Å². The van der Waals surface area contributed by atoms with Crippen molar-refractivity contribution in [3.05, 3.63) is 35.3 Å². The molecule has 0 fully saturated rings. The van der Waals surface area contributed by atoms with E-state index in [-0.39, 0.29) is 47.4 Å². The molecule has 0 spiro atoms. The molecule has 0 bridgehead atoms. The minimum Gasteiger partial charge on any atom is -0.377 e. The normalized spacial score (nSPS) is 21.0. The van der Waals surface area contributed by atoms with E-state index < -0.39 is 0 Å². The smallest absolute Gasteiger partial charge is 0.0977 e. The predicted molar refractivity (Wildman–Crippen MR) is 136 cm³/mol. The van der Waals surface area contributed by atoms with E-state index in [4.69, 9.17) is 9.97 Å². The Hall–Kier alpha value is -1.78. The number of hydrogen-bond donors (Lipinski definition) is 0. The van der Waals surface area contributed by atoms with Gasteiger partial charge >= 0.3 is 0 Å². The summed E-state index contributed by atoms with van der Waals surface area (Å²) >= 11 is 0. The molecule has 3 heterocycles. The van der Waals surface area contributed by atoms with Crippen LogP contribution in [-0.2, 0) is 42.0 Å². The van der Waals surface area contributed by atoms with Gasteiger partial charge in [-0.15, -0.1) is 0 Å². The van der Waals surface area contributed by atoms with Gasteiger partial charge in [-0.3, -0.25) is 4.98 Å². The van der Waals surface area contributed by atoms with E-state index in [0.717, 1.165) is 28.5 Å². The molecule has 1 aromatic carbocycles. The van der Waals surface area contributed by atoms with Crippen LogP contribution in [0.4, 0.5) is 5.82 Å². The summed E-state index contributed by atoms with van der Waals surface area (Å²) in [6.45, 7) is 25.2. The van der Waals surface area contributed by atoms with E-state index in [0.29, 0.717) is 0 Å². The molecule has 0 N–H and O–H groups in total. The Balaban J connectivity index is 0.00000274. The molecule has 0 amide bonds. The number of imidazole rings is 1. The maximum absolute atomic E-state index is 5.18. The van der Waals surface area contributed by atoms with Gasteiger partial charge in [-0.05, 0) is 70.5 Å². The Bertz CT molecular complexity index is 1320. The van der Waals surface area contributed by atoms with Gasteiger partial charge in [0.15, 0.2) is 0 Å². The molecule has 0 saturated heterocycles. The first-order valence-corrected chi connectivity index (χ1v) is 12.1. The van der Waals surface area contributed by atoms with Gasteiger partial charge in [0.1, 0.15) is 0 Å². The molecular weight excluding hydrogens is 599 g/mol. The van der Waals surface area contributed by atoms with E-state index in [1.54, 1.807) is 0 Å². The maximum Gasteiger partial charge on any atom is 0.0977 e. The van der Waals surface area contributed by atoms with Crippen molar-refractivity contribution in [2.75, 3.05) is 11.9 Å². The van der Waals surface area contributed by atoms with Crippen molar-refractivity contribution in [1.29, 1.82) is 0 Å². The number of fused-ring (bicyclic) bond motifs is 6. The van der Waals surface area contributed by atoms with Crippen molar-refractivity contribution in [3.8, 4) is 11.4 Å². The molecule has 0 saturated carbocycles. The second kappa shape index (κ2) is 6.91. The summed E-state index contributed by atoms with van der Waals surface area (Å²) < 4.78 is 2.36. The SMILES string of the molecule is CN1c2nc(C(C)(C)C)n[c-]c2-c2nc3cc4c(cc3n2C1(C)C)C(C)(C)C(C)(C)C4(C)C.[Ir]. The number of rotatable bonds is 0. The van der Waals surface area contributed by atoms with E-state index >= 15 is 0 Å². The fraction of sp³-hybridized carbons (Fsp3) is 0.607. The van der Waals surface area contributed by atoms with Crippen LogP contribution in [0.1, 0.15) is 93.1 Å². The van der Waals surface area contributed by atoms with Crippen LogP contribution in [0.3, 0.4) is 0 Å². The monoisotopic (exact) mass is 637 g/mol. The molecule has 1 aliphatic heterocycles. The van der Waals surface area contributed by atoms with Crippen LogP contribution in [0.25, 0.3) is 22.4 Å². The standard InChI is InChI=1S/C28H38N5.Ir/c1-24(2,3)23-29-15-16-21(31-23)32(12)28(10,11)33-20-14-18-17(13-19(20)30-22(16)33)25(4,5)27(8,9)26(18,6)7;/h13-14H,1-12H3;/q-1;. The molecule has 5 nitrogen and oxygen atoms in total. The molecule has 0 unspecified atom stereocenters. The van der Waals surface area contributed by atoms with Crippen molar-refractivity contribution in [2.24, 2.45) is 5.41 Å². The van der Waals surface area contributed by atoms with Gasteiger partial charge in [-0.2, -0.15) is 0 Å². The summed E-state index contributed by atoms with van der Waals surface area (Å²) in [5.41, 5.74) is 5.66. The third kappa shape index (κ3) is 2.85. The number of nitrogens with zero attached hydrogens (tertiary/aromatic N) is 5. The van der Waals surface area contributed by atoms with Gasteiger partial charge in [0.25, 0.3) is 0 Å². The molecule has 2 aromatic heterocycles. The van der Waals surface area contributed by atoms with Gasteiger partial charge in [-0.1, -0.05) is 62.3 Å². The average Bonchev–Trinajstić information content (AvgIpc) is 3.13. The molecular formula is C28H38IrN5-. The van der Waals surface area contributed by atoms with Crippen LogP contribution >= 0.6 is 0 Å². The molecule has 185 valence electrons. The predicted octanol–water partition coefficient (Wildman–Crippen LogP) is 6.33. The zero-order valence-corrected chi connectivity index (χ0v) is 25.1. The number of benzene rings is 1. The van der Waals surface area contributed by atoms with Gasteiger partial charge in [0.2, 0.25) is 0 Å². The van der Waals surface area contributed by atoms with Crippen LogP contribution in [0, 0.1) is 11.6 Å². The second-order valence-electron chi connectivity index (χ2n) is 13.2. The zero-order valence-electron chi connectivity index (χ0n) is 22.7. The molecule has 34 heavy (non-hydrogen) atoms. The minimum absolute atomic E-state index is 0. The molecule has 0 atom stereocenters. The average molecular weight is 637 g/mol. The molecule has 1 radical (unpaired) electrons. The van der Waals surface area contributed by atoms with Crippen molar-refractivity contribution in [2.45, 2.75) is 98.1 Å². The van der Waals surface area contributed by atoms with E-state index in [9.17, 15) is 0 Å². The summed E-state index contributed by atoms with van der Waals surface area (Å²) in [6.07, 6.45) is 3.31. The van der Waals surface area contributed by atoms with Crippen LogP contribution < -0.4 is 4.90 Å². The largest absolute Gasteiger partial charge is 0.377 e. The Morgan fingerprint density at radius 2 is 1.41 bits per heavy atom. The fourth-order valence-corrected chi connectivity index (χ4v) is 5.81. The number of hydrogen-bond acceptors (Lipinski definition) is 4. The Kier molecular flexibility index (Phi) is 5.15. The van der Waals surface area contributed by atoms with Gasteiger partial charge < -0.3 is 19.4 Å². The number of anilines is 1. The van der Waals surface area contributed by atoms with Gasteiger partial charge in [-0.25, -0.2) is 0 Å². The first-order valence-electron chi connectivity index (χ1n) is 12.1. The molecule has 2 aliphatic rings. The van der Waals surface area contributed by atoms with E-state index in [1.807, 2.05) is 0 Å². The van der Waals surface area contributed by atoms with Crippen LogP contribution in [0.2, 0.25) is 0 Å². The Morgan fingerprint density at radius 3 is 1.97 bits per heavy atom. The summed E-state index contributed by atoms with van der Waals surface area (Å²) in [4.78, 5) is 17.0. The van der Waals surface area contributed by atoms with Gasteiger partial charge in [0, 0.05) is 33.0 Å². The molecule has 1 aliphatic carbocycles.